The third kappa shape index (κ3) is 5.49. The number of hydrogen-bond donors (Lipinski definition) is 2. The highest BCUT2D eigenvalue weighted by molar-refractivity contribution is 5.88. The quantitative estimate of drug-likeness (QED) is 0.670. The van der Waals surface area contributed by atoms with Crippen molar-refractivity contribution in [2.24, 2.45) is 5.73 Å². The average molecular weight is 465 g/mol. The van der Waals surface area contributed by atoms with Crippen molar-refractivity contribution in [3.8, 4) is 0 Å². The van der Waals surface area contributed by atoms with Crippen LogP contribution in [0.25, 0.3) is 0 Å². The first-order valence-corrected chi connectivity index (χ1v) is 9.95. The second kappa shape index (κ2) is 10.0. The Morgan fingerprint density at radius 3 is 2.45 bits per heavy atom. The van der Waals surface area contributed by atoms with Crippen LogP contribution in [0, 0.1) is 0 Å². The number of rotatable bonds is 4. The van der Waals surface area contributed by atoms with E-state index in [-0.39, 0.29) is 18.1 Å². The van der Waals surface area contributed by atoms with Gasteiger partial charge in [0.2, 0.25) is 5.91 Å². The molecule has 3 rings (SSSR count). The molecule has 0 aromatic heterocycles. The monoisotopic (exact) mass is 465 g/mol. The standard InChI is InChI=1S/C22H22F3N3O5/c1-28-11-12-32-18(13-7-3-2-4-8-13)16(20(28)30)14-9-5-6-10-15(14)17(26)19(29)27-33-21(31)22(23,24)25/h2-10,16-18H,11-12,26H2,1H3,(H,27,29)/t16-,17+,18+/m1/s1. The van der Waals surface area contributed by atoms with Crippen LogP contribution in [0.3, 0.4) is 0 Å². The minimum absolute atomic E-state index is 0.177. The van der Waals surface area contributed by atoms with E-state index >= 15 is 0 Å². The Morgan fingerprint density at radius 1 is 1.15 bits per heavy atom. The van der Waals surface area contributed by atoms with Crippen LogP contribution < -0.4 is 11.2 Å². The largest absolute Gasteiger partial charge is 0.493 e. The molecule has 0 saturated carbocycles. The summed E-state index contributed by atoms with van der Waals surface area (Å²) >= 11 is 0. The molecule has 8 nitrogen and oxygen atoms in total. The molecule has 2 aromatic rings. The summed E-state index contributed by atoms with van der Waals surface area (Å²) in [5.41, 5.74) is 8.71. The summed E-state index contributed by atoms with van der Waals surface area (Å²) in [6.45, 7) is 0.626. The molecular weight excluding hydrogens is 443 g/mol. The maximum Gasteiger partial charge on any atom is 0.493 e. The van der Waals surface area contributed by atoms with Crippen LogP contribution in [0.15, 0.2) is 54.6 Å². The van der Waals surface area contributed by atoms with Gasteiger partial charge in [0.05, 0.1) is 18.6 Å². The van der Waals surface area contributed by atoms with Gasteiger partial charge in [-0.2, -0.15) is 18.7 Å². The number of nitrogens with two attached hydrogens (primary N) is 1. The van der Waals surface area contributed by atoms with Gasteiger partial charge in [0.15, 0.2) is 0 Å². The van der Waals surface area contributed by atoms with E-state index in [2.05, 4.69) is 4.84 Å². The number of hydroxylamine groups is 1. The minimum atomic E-state index is -5.28. The molecule has 1 heterocycles. The molecule has 2 amide bonds. The van der Waals surface area contributed by atoms with Crippen molar-refractivity contribution in [1.29, 1.82) is 0 Å². The number of carbonyl (C=O) groups excluding carboxylic acids is 3. The van der Waals surface area contributed by atoms with Crippen LogP contribution in [0.4, 0.5) is 13.2 Å². The fourth-order valence-corrected chi connectivity index (χ4v) is 3.55. The Bertz CT molecular complexity index is 1020. The number of hydrogen-bond acceptors (Lipinski definition) is 6. The number of alkyl halides is 3. The van der Waals surface area contributed by atoms with Gasteiger partial charge in [-0.3, -0.25) is 9.59 Å². The van der Waals surface area contributed by atoms with Gasteiger partial charge in [0.1, 0.15) is 6.04 Å². The molecule has 2 aromatic carbocycles. The van der Waals surface area contributed by atoms with E-state index in [0.29, 0.717) is 12.1 Å². The topological polar surface area (TPSA) is 111 Å². The molecule has 0 spiro atoms. The second-order valence-corrected chi connectivity index (χ2v) is 7.40. The fourth-order valence-electron chi connectivity index (χ4n) is 3.55. The van der Waals surface area contributed by atoms with Gasteiger partial charge in [-0.1, -0.05) is 54.6 Å². The maximum absolute atomic E-state index is 13.3. The van der Waals surface area contributed by atoms with Gasteiger partial charge in [-0.15, -0.1) is 0 Å². The highest BCUT2D eigenvalue weighted by atomic mass is 19.4. The van der Waals surface area contributed by atoms with E-state index < -0.39 is 36.1 Å². The number of nitrogens with zero attached hydrogens (tertiary/aromatic N) is 1. The van der Waals surface area contributed by atoms with Gasteiger partial charge in [-0.25, -0.2) is 4.79 Å². The van der Waals surface area contributed by atoms with Crippen LogP contribution in [-0.2, 0) is 24.0 Å². The zero-order chi connectivity index (χ0) is 24.2. The number of carbonyl (C=O) groups is 3. The zero-order valence-electron chi connectivity index (χ0n) is 17.5. The van der Waals surface area contributed by atoms with Crippen LogP contribution in [0.1, 0.15) is 34.8 Å². The molecule has 11 heteroatoms. The van der Waals surface area contributed by atoms with Crippen LogP contribution in [0.5, 0.6) is 0 Å². The Balaban J connectivity index is 1.95. The molecule has 1 aliphatic heterocycles. The molecule has 1 saturated heterocycles. The summed E-state index contributed by atoms with van der Waals surface area (Å²) in [7, 11) is 1.62. The van der Waals surface area contributed by atoms with E-state index in [4.69, 9.17) is 10.5 Å². The lowest BCUT2D eigenvalue weighted by atomic mass is 9.83. The lowest BCUT2D eigenvalue weighted by molar-refractivity contribution is -0.207. The molecule has 3 N–H and O–H groups in total. The highest BCUT2D eigenvalue weighted by Gasteiger charge is 2.42. The van der Waals surface area contributed by atoms with Crippen molar-refractivity contribution >= 4 is 17.8 Å². The molecule has 0 aliphatic carbocycles. The predicted molar refractivity (Wildman–Crippen MR) is 109 cm³/mol. The Kier molecular flexibility index (Phi) is 7.34. The summed E-state index contributed by atoms with van der Waals surface area (Å²) in [5.74, 6) is -4.93. The Hall–Kier alpha value is -3.44. The van der Waals surface area contributed by atoms with Crippen molar-refractivity contribution in [3.63, 3.8) is 0 Å². The minimum Gasteiger partial charge on any atom is -0.371 e. The van der Waals surface area contributed by atoms with Crippen molar-refractivity contribution in [2.75, 3.05) is 20.2 Å². The van der Waals surface area contributed by atoms with Crippen molar-refractivity contribution in [3.05, 3.63) is 71.3 Å². The first kappa shape index (κ1) is 24.2. The van der Waals surface area contributed by atoms with E-state index in [0.717, 1.165) is 5.56 Å². The molecule has 0 bridgehead atoms. The predicted octanol–water partition coefficient (Wildman–Crippen LogP) is 2.14. The summed E-state index contributed by atoms with van der Waals surface area (Å²) < 4.78 is 43.0. The van der Waals surface area contributed by atoms with Crippen molar-refractivity contribution in [1.82, 2.24) is 10.4 Å². The summed E-state index contributed by atoms with van der Waals surface area (Å²) in [6, 6.07) is 13.8. The van der Waals surface area contributed by atoms with Gasteiger partial charge in [-0.05, 0) is 16.7 Å². The smallest absolute Gasteiger partial charge is 0.371 e. The number of ether oxygens (including phenoxy) is 1. The summed E-state index contributed by atoms with van der Waals surface area (Å²) in [6.07, 6.45) is -5.98. The van der Waals surface area contributed by atoms with Gasteiger partial charge in [0.25, 0.3) is 5.91 Å². The second-order valence-electron chi connectivity index (χ2n) is 7.40. The molecule has 176 valence electrons. The van der Waals surface area contributed by atoms with Crippen molar-refractivity contribution < 1.29 is 37.1 Å². The van der Waals surface area contributed by atoms with Gasteiger partial charge < -0.3 is 20.2 Å². The van der Waals surface area contributed by atoms with Gasteiger partial charge >= 0.3 is 12.1 Å². The van der Waals surface area contributed by atoms with Crippen LogP contribution >= 0.6 is 0 Å². The summed E-state index contributed by atoms with van der Waals surface area (Å²) in [5, 5.41) is 0. The Labute approximate surface area is 187 Å². The molecule has 0 unspecified atom stereocenters. The van der Waals surface area contributed by atoms with Crippen molar-refractivity contribution in [2.45, 2.75) is 24.2 Å². The number of likely N-dealkylation sites (N-methyl/N-ethyl adjacent to an activating group) is 1. The average Bonchev–Trinajstić information content (AvgIpc) is 2.95. The normalized spacial score (nSPS) is 20.0. The van der Waals surface area contributed by atoms with Crippen LogP contribution in [0.2, 0.25) is 0 Å². The molecule has 1 fully saturated rings. The van der Waals surface area contributed by atoms with E-state index in [9.17, 15) is 27.6 Å². The molecule has 33 heavy (non-hydrogen) atoms. The third-order valence-corrected chi connectivity index (χ3v) is 5.22. The molecule has 1 aliphatic rings. The van der Waals surface area contributed by atoms with E-state index in [1.165, 1.54) is 16.4 Å². The molecular formula is C22H22F3N3O5. The molecule has 0 radical (unpaired) electrons. The third-order valence-electron chi connectivity index (χ3n) is 5.22. The molecule has 3 atom stereocenters. The first-order valence-electron chi connectivity index (χ1n) is 9.95. The highest BCUT2D eigenvalue weighted by Crippen LogP contribution is 2.39. The summed E-state index contributed by atoms with van der Waals surface area (Å²) in [4.78, 5) is 41.9. The first-order chi connectivity index (χ1) is 15.6. The lowest BCUT2D eigenvalue weighted by Gasteiger charge is -2.28. The Morgan fingerprint density at radius 2 is 1.79 bits per heavy atom. The number of benzene rings is 2. The zero-order valence-corrected chi connectivity index (χ0v) is 17.5. The fraction of sp³-hybridized carbons (Fsp3) is 0.318. The van der Waals surface area contributed by atoms with E-state index in [1.54, 1.807) is 37.4 Å². The van der Waals surface area contributed by atoms with Crippen LogP contribution in [-0.4, -0.2) is 49.1 Å². The number of halogens is 3. The SMILES string of the molecule is CN1CCO[C@@H](c2ccccc2)[C@@H](c2ccccc2[C@H](N)C(=O)NOC(=O)C(F)(F)F)C1=O. The maximum atomic E-state index is 13.3. The van der Waals surface area contributed by atoms with E-state index in [1.807, 2.05) is 18.2 Å². The number of amides is 2. The lowest BCUT2D eigenvalue weighted by Crippen LogP contribution is -2.40. The number of nitrogens with one attached hydrogen (secondary N) is 1. The van der Waals surface area contributed by atoms with Gasteiger partial charge in [0, 0.05) is 13.6 Å².